The number of amides is 1. The van der Waals surface area contributed by atoms with Gasteiger partial charge in [-0.2, -0.15) is 0 Å². The maximum absolute atomic E-state index is 11.9. The first kappa shape index (κ1) is 21.9. The molecule has 2 rings (SSSR count). The topological polar surface area (TPSA) is 84.6 Å². The average molecular weight is 339 g/mol. The van der Waals surface area contributed by atoms with Crippen LogP contribution in [0.1, 0.15) is 48.5 Å². The Morgan fingerprint density at radius 3 is 2.00 bits per heavy atom. The second kappa shape index (κ2) is 10.7. The van der Waals surface area contributed by atoms with Crippen LogP contribution in [0.4, 0.5) is 16.4 Å². The van der Waals surface area contributed by atoms with Gasteiger partial charge in [0, 0.05) is 26.2 Å². The van der Waals surface area contributed by atoms with Gasteiger partial charge in [-0.1, -0.05) is 27.7 Å². The second-order valence-electron chi connectivity index (χ2n) is 5.75. The van der Waals surface area contributed by atoms with Gasteiger partial charge in [0.25, 0.3) is 0 Å². The monoisotopic (exact) mass is 339 g/mol. The highest BCUT2D eigenvalue weighted by Crippen LogP contribution is 2.15. The number of nitrogens with two attached hydrogens (primary N) is 1. The molecular weight excluding hydrogens is 306 g/mol. The molecule has 0 radical (unpaired) electrons. The van der Waals surface area contributed by atoms with Gasteiger partial charge in [0.05, 0.1) is 12.4 Å². The number of rotatable bonds is 1. The largest absolute Gasteiger partial charge is 0.444 e. The first-order valence-corrected chi connectivity index (χ1v) is 8.65. The Morgan fingerprint density at radius 2 is 1.58 bits per heavy atom. The van der Waals surface area contributed by atoms with E-state index < -0.39 is 5.60 Å². The van der Waals surface area contributed by atoms with E-state index in [-0.39, 0.29) is 6.09 Å². The van der Waals surface area contributed by atoms with Gasteiger partial charge in [-0.05, 0) is 20.8 Å². The normalized spacial score (nSPS) is 14.0. The van der Waals surface area contributed by atoms with Crippen molar-refractivity contribution in [3.05, 3.63) is 12.4 Å². The van der Waals surface area contributed by atoms with Crippen LogP contribution in [0, 0.1) is 0 Å². The fourth-order valence-corrected chi connectivity index (χ4v) is 1.94. The number of aromatic nitrogens is 2. The molecule has 7 nitrogen and oxygen atoms in total. The van der Waals surface area contributed by atoms with E-state index in [4.69, 9.17) is 10.5 Å². The molecule has 0 aliphatic carbocycles. The Balaban J connectivity index is 0.00000123. The summed E-state index contributed by atoms with van der Waals surface area (Å²) >= 11 is 0. The summed E-state index contributed by atoms with van der Waals surface area (Å²) in [5.41, 5.74) is 5.05. The Morgan fingerprint density at radius 1 is 1.04 bits per heavy atom. The van der Waals surface area contributed by atoms with E-state index in [1.54, 1.807) is 11.1 Å². The predicted molar refractivity (Wildman–Crippen MR) is 99.2 cm³/mol. The van der Waals surface area contributed by atoms with Crippen LogP contribution in [0.15, 0.2) is 12.4 Å². The number of nitrogens with zero attached hydrogens (tertiary/aromatic N) is 4. The van der Waals surface area contributed by atoms with Crippen LogP contribution in [0.25, 0.3) is 0 Å². The number of carbonyl (C=O) groups excluding carboxylic acids is 1. The zero-order valence-electron chi connectivity index (χ0n) is 16.2. The molecule has 1 aromatic rings. The fourth-order valence-electron chi connectivity index (χ4n) is 1.94. The third kappa shape index (κ3) is 7.48. The van der Waals surface area contributed by atoms with E-state index in [0.717, 1.165) is 5.82 Å². The van der Waals surface area contributed by atoms with Crippen molar-refractivity contribution in [3.63, 3.8) is 0 Å². The maximum Gasteiger partial charge on any atom is 0.410 e. The summed E-state index contributed by atoms with van der Waals surface area (Å²) < 4.78 is 5.36. The third-order valence-corrected chi connectivity index (χ3v) is 2.91. The first-order valence-electron chi connectivity index (χ1n) is 8.65. The lowest BCUT2D eigenvalue weighted by atomic mass is 10.2. The molecule has 7 heteroatoms. The van der Waals surface area contributed by atoms with Gasteiger partial charge in [0.15, 0.2) is 0 Å². The van der Waals surface area contributed by atoms with Crippen molar-refractivity contribution < 1.29 is 9.53 Å². The Hall–Kier alpha value is -2.05. The highest BCUT2D eigenvalue weighted by Gasteiger charge is 2.26. The number of carbonyl (C=O) groups is 1. The van der Waals surface area contributed by atoms with Crippen molar-refractivity contribution in [1.82, 2.24) is 14.9 Å². The highest BCUT2D eigenvalue weighted by atomic mass is 16.6. The molecule has 2 N–H and O–H groups in total. The first-order chi connectivity index (χ1) is 11.3. The maximum atomic E-state index is 11.9. The summed E-state index contributed by atoms with van der Waals surface area (Å²) in [6, 6.07) is 0. The Labute approximate surface area is 146 Å². The molecule has 1 fully saturated rings. The average Bonchev–Trinajstić information content (AvgIpc) is 2.58. The lowest BCUT2D eigenvalue weighted by Gasteiger charge is -2.35. The summed E-state index contributed by atoms with van der Waals surface area (Å²) in [7, 11) is 0. The van der Waals surface area contributed by atoms with Gasteiger partial charge in [-0.3, -0.25) is 0 Å². The van der Waals surface area contributed by atoms with E-state index in [0.29, 0.717) is 32.0 Å². The summed E-state index contributed by atoms with van der Waals surface area (Å²) in [6.45, 7) is 16.2. The molecule has 0 bridgehead atoms. The smallest absolute Gasteiger partial charge is 0.410 e. The molecule has 0 unspecified atom stereocenters. The molecule has 0 spiro atoms. The van der Waals surface area contributed by atoms with Crippen molar-refractivity contribution in [2.24, 2.45) is 0 Å². The summed E-state index contributed by atoms with van der Waals surface area (Å²) in [5.74, 6) is 1.18. The molecule has 24 heavy (non-hydrogen) atoms. The Bertz CT molecular complexity index is 463. The van der Waals surface area contributed by atoms with E-state index in [2.05, 4.69) is 14.9 Å². The van der Waals surface area contributed by atoms with Gasteiger partial charge >= 0.3 is 6.09 Å². The molecule has 0 aromatic carbocycles. The number of hydrogen-bond acceptors (Lipinski definition) is 6. The third-order valence-electron chi connectivity index (χ3n) is 2.91. The zero-order chi connectivity index (χ0) is 18.8. The minimum atomic E-state index is -0.462. The van der Waals surface area contributed by atoms with Gasteiger partial charge in [0.1, 0.15) is 17.2 Å². The van der Waals surface area contributed by atoms with Gasteiger partial charge in [0.2, 0.25) is 0 Å². The number of ether oxygens (including phenoxy) is 1. The van der Waals surface area contributed by atoms with Crippen LogP contribution >= 0.6 is 0 Å². The summed E-state index contributed by atoms with van der Waals surface area (Å²) in [5, 5.41) is 0. The van der Waals surface area contributed by atoms with Gasteiger partial charge in [-0.25, -0.2) is 14.8 Å². The number of anilines is 2. The van der Waals surface area contributed by atoms with Crippen molar-refractivity contribution in [2.45, 2.75) is 54.1 Å². The van der Waals surface area contributed by atoms with Crippen LogP contribution in [0.5, 0.6) is 0 Å². The SMILES string of the molecule is CC.CC.CC(C)(C)OC(=O)N1CCN(c2cnc(N)cn2)CC1. The van der Waals surface area contributed by atoms with Gasteiger partial charge < -0.3 is 20.3 Å². The molecule has 1 saturated heterocycles. The molecule has 0 atom stereocenters. The Kier molecular flexibility index (Phi) is 9.76. The molecule has 1 aromatic heterocycles. The fraction of sp³-hybridized carbons (Fsp3) is 0.706. The lowest BCUT2D eigenvalue weighted by molar-refractivity contribution is 0.0240. The van der Waals surface area contributed by atoms with Crippen LogP contribution in [-0.2, 0) is 4.74 Å². The lowest BCUT2D eigenvalue weighted by Crippen LogP contribution is -2.50. The second-order valence-corrected chi connectivity index (χ2v) is 5.75. The molecule has 1 aliphatic heterocycles. The van der Waals surface area contributed by atoms with Crippen LogP contribution < -0.4 is 10.6 Å². The van der Waals surface area contributed by atoms with Crippen LogP contribution in [0.2, 0.25) is 0 Å². The van der Waals surface area contributed by atoms with Crippen molar-refractivity contribution in [1.29, 1.82) is 0 Å². The van der Waals surface area contributed by atoms with E-state index in [9.17, 15) is 4.79 Å². The van der Waals surface area contributed by atoms with E-state index >= 15 is 0 Å². The predicted octanol–water partition coefficient (Wildman–Crippen LogP) is 3.17. The molecule has 138 valence electrons. The summed E-state index contributed by atoms with van der Waals surface area (Å²) in [6.07, 6.45) is 2.93. The molecule has 1 amide bonds. The van der Waals surface area contributed by atoms with Crippen LogP contribution in [0.3, 0.4) is 0 Å². The molecule has 2 heterocycles. The standard InChI is InChI=1S/C13H21N5O2.2C2H6/c1-13(2,3)20-12(19)18-6-4-17(5-7-18)11-9-15-10(14)8-16-11;2*1-2/h8-9H,4-7H2,1-3H3,(H2,14,15);2*1-2H3. The number of piperazine rings is 1. The molecule has 1 aliphatic rings. The summed E-state index contributed by atoms with van der Waals surface area (Å²) in [4.78, 5) is 24.0. The van der Waals surface area contributed by atoms with Crippen molar-refractivity contribution in [2.75, 3.05) is 36.8 Å². The minimum absolute atomic E-state index is 0.263. The van der Waals surface area contributed by atoms with Crippen LogP contribution in [-0.4, -0.2) is 52.7 Å². The number of nitrogen functional groups attached to an aromatic ring is 1. The highest BCUT2D eigenvalue weighted by molar-refractivity contribution is 5.68. The quantitative estimate of drug-likeness (QED) is 0.846. The minimum Gasteiger partial charge on any atom is -0.444 e. The van der Waals surface area contributed by atoms with E-state index in [1.807, 2.05) is 48.5 Å². The molecular formula is C17H33N5O2. The van der Waals surface area contributed by atoms with E-state index in [1.165, 1.54) is 6.20 Å². The van der Waals surface area contributed by atoms with Crippen molar-refractivity contribution >= 4 is 17.7 Å². The number of hydrogen-bond donors (Lipinski definition) is 1. The molecule has 0 saturated carbocycles. The van der Waals surface area contributed by atoms with Crippen molar-refractivity contribution in [3.8, 4) is 0 Å². The van der Waals surface area contributed by atoms with Gasteiger partial charge in [-0.15, -0.1) is 0 Å². The zero-order valence-corrected chi connectivity index (χ0v) is 16.2.